The zero-order valence-corrected chi connectivity index (χ0v) is 8.01. The molecule has 0 aliphatic carbocycles. The second-order valence-electron chi connectivity index (χ2n) is 3.48. The molecule has 0 saturated carbocycles. The summed E-state index contributed by atoms with van der Waals surface area (Å²) in [6.45, 7) is 4.42. The minimum atomic E-state index is 0.498. The number of rotatable bonds is 1. The number of anilines is 1. The molecule has 1 aliphatic heterocycles. The lowest BCUT2D eigenvalue weighted by Crippen LogP contribution is -2.33. The van der Waals surface area contributed by atoms with Crippen LogP contribution in [-0.2, 0) is 0 Å². The maximum Gasteiger partial charge on any atom is 0.0451 e. The SMILES string of the molecule is CC1C=CC(C)N1c1ccncc1. The van der Waals surface area contributed by atoms with Crippen molar-refractivity contribution < 1.29 is 0 Å². The van der Waals surface area contributed by atoms with Gasteiger partial charge in [-0.25, -0.2) is 0 Å². The van der Waals surface area contributed by atoms with E-state index < -0.39 is 0 Å². The van der Waals surface area contributed by atoms with Gasteiger partial charge in [0.25, 0.3) is 0 Å². The highest BCUT2D eigenvalue weighted by Crippen LogP contribution is 2.24. The van der Waals surface area contributed by atoms with Crippen LogP contribution in [0.1, 0.15) is 13.8 Å². The Bertz CT molecular complexity index is 293. The highest BCUT2D eigenvalue weighted by atomic mass is 15.2. The summed E-state index contributed by atoms with van der Waals surface area (Å²) < 4.78 is 0. The Morgan fingerprint density at radius 3 is 2.15 bits per heavy atom. The van der Waals surface area contributed by atoms with Crippen LogP contribution in [-0.4, -0.2) is 17.1 Å². The fraction of sp³-hybridized carbons (Fsp3) is 0.364. The minimum Gasteiger partial charge on any atom is -0.359 e. The number of pyridine rings is 1. The predicted octanol–water partition coefficient (Wildman–Crippen LogP) is 2.23. The van der Waals surface area contributed by atoms with E-state index in [9.17, 15) is 0 Å². The number of hydrogen-bond donors (Lipinski definition) is 0. The summed E-state index contributed by atoms with van der Waals surface area (Å²) >= 11 is 0. The van der Waals surface area contributed by atoms with Gasteiger partial charge in [-0.1, -0.05) is 12.2 Å². The summed E-state index contributed by atoms with van der Waals surface area (Å²) in [6, 6.07) is 5.11. The molecular formula is C11H14N2. The molecule has 2 heterocycles. The molecule has 13 heavy (non-hydrogen) atoms. The van der Waals surface area contributed by atoms with Gasteiger partial charge >= 0.3 is 0 Å². The molecule has 0 amide bonds. The maximum atomic E-state index is 4.02. The van der Waals surface area contributed by atoms with Gasteiger partial charge in [-0.05, 0) is 26.0 Å². The van der Waals surface area contributed by atoms with E-state index in [1.807, 2.05) is 12.4 Å². The van der Waals surface area contributed by atoms with Crippen LogP contribution in [0.3, 0.4) is 0 Å². The number of aromatic nitrogens is 1. The van der Waals surface area contributed by atoms with Crippen molar-refractivity contribution in [2.24, 2.45) is 0 Å². The van der Waals surface area contributed by atoms with Crippen LogP contribution in [0.2, 0.25) is 0 Å². The molecule has 0 bridgehead atoms. The molecule has 0 aromatic carbocycles. The van der Waals surface area contributed by atoms with Crippen LogP contribution >= 0.6 is 0 Å². The molecule has 68 valence electrons. The van der Waals surface area contributed by atoms with Gasteiger partial charge in [-0.2, -0.15) is 0 Å². The van der Waals surface area contributed by atoms with Gasteiger partial charge in [-0.3, -0.25) is 4.98 Å². The molecule has 1 aromatic rings. The summed E-state index contributed by atoms with van der Waals surface area (Å²) in [5.41, 5.74) is 1.25. The lowest BCUT2D eigenvalue weighted by atomic mass is 10.2. The molecule has 1 aliphatic rings. The van der Waals surface area contributed by atoms with Crippen molar-refractivity contribution in [1.82, 2.24) is 4.98 Å². The Morgan fingerprint density at radius 1 is 1.08 bits per heavy atom. The second kappa shape index (κ2) is 3.21. The zero-order chi connectivity index (χ0) is 9.26. The molecule has 2 nitrogen and oxygen atoms in total. The number of hydrogen-bond acceptors (Lipinski definition) is 2. The van der Waals surface area contributed by atoms with Crippen molar-refractivity contribution in [1.29, 1.82) is 0 Å². The van der Waals surface area contributed by atoms with Crippen molar-refractivity contribution >= 4 is 5.69 Å². The fourth-order valence-electron chi connectivity index (χ4n) is 1.86. The van der Waals surface area contributed by atoms with Crippen LogP contribution in [0, 0.1) is 0 Å². The normalized spacial score (nSPS) is 26.8. The van der Waals surface area contributed by atoms with E-state index in [-0.39, 0.29) is 0 Å². The lowest BCUT2D eigenvalue weighted by Gasteiger charge is -2.28. The first-order valence-corrected chi connectivity index (χ1v) is 4.66. The van der Waals surface area contributed by atoms with Crippen molar-refractivity contribution in [3.63, 3.8) is 0 Å². The van der Waals surface area contributed by atoms with E-state index in [1.54, 1.807) is 0 Å². The fourth-order valence-corrected chi connectivity index (χ4v) is 1.86. The Balaban J connectivity index is 2.27. The number of nitrogens with zero attached hydrogens (tertiary/aromatic N) is 2. The molecule has 0 radical (unpaired) electrons. The van der Waals surface area contributed by atoms with Crippen molar-refractivity contribution in [2.75, 3.05) is 4.90 Å². The predicted molar refractivity (Wildman–Crippen MR) is 54.8 cm³/mol. The molecule has 2 rings (SSSR count). The molecule has 0 spiro atoms. The van der Waals surface area contributed by atoms with Crippen molar-refractivity contribution in [3.05, 3.63) is 36.7 Å². The summed E-state index contributed by atoms with van der Waals surface area (Å²) in [7, 11) is 0. The minimum absolute atomic E-state index is 0.498. The van der Waals surface area contributed by atoms with Gasteiger partial charge < -0.3 is 4.90 Å². The topological polar surface area (TPSA) is 16.1 Å². The second-order valence-corrected chi connectivity index (χ2v) is 3.48. The van der Waals surface area contributed by atoms with Gasteiger partial charge in [-0.15, -0.1) is 0 Å². The third kappa shape index (κ3) is 1.44. The molecule has 2 atom stereocenters. The Morgan fingerprint density at radius 2 is 1.62 bits per heavy atom. The quantitative estimate of drug-likeness (QED) is 0.607. The van der Waals surface area contributed by atoms with Crippen molar-refractivity contribution in [3.8, 4) is 0 Å². The first-order chi connectivity index (χ1) is 6.29. The van der Waals surface area contributed by atoms with E-state index in [2.05, 4.69) is 48.0 Å². The van der Waals surface area contributed by atoms with Gasteiger partial charge in [0.1, 0.15) is 0 Å². The molecule has 2 unspecified atom stereocenters. The Hall–Kier alpha value is -1.31. The first-order valence-electron chi connectivity index (χ1n) is 4.66. The van der Waals surface area contributed by atoms with Crippen LogP contribution in [0.25, 0.3) is 0 Å². The summed E-state index contributed by atoms with van der Waals surface area (Å²) in [6.07, 6.45) is 8.16. The molecule has 1 aromatic heterocycles. The van der Waals surface area contributed by atoms with Gasteiger partial charge in [0.15, 0.2) is 0 Å². The van der Waals surface area contributed by atoms with E-state index >= 15 is 0 Å². The average molecular weight is 174 g/mol. The Kier molecular flexibility index (Phi) is 2.05. The van der Waals surface area contributed by atoms with Crippen molar-refractivity contribution in [2.45, 2.75) is 25.9 Å². The van der Waals surface area contributed by atoms with E-state index in [4.69, 9.17) is 0 Å². The maximum absolute atomic E-state index is 4.02. The molecule has 2 heteroatoms. The van der Waals surface area contributed by atoms with Gasteiger partial charge in [0.05, 0.1) is 0 Å². The van der Waals surface area contributed by atoms with Gasteiger partial charge in [0, 0.05) is 30.2 Å². The Labute approximate surface area is 78.9 Å². The van der Waals surface area contributed by atoms with E-state index in [0.29, 0.717) is 12.1 Å². The highest BCUT2D eigenvalue weighted by Gasteiger charge is 2.21. The first kappa shape index (κ1) is 8.30. The largest absolute Gasteiger partial charge is 0.359 e. The molecule has 0 N–H and O–H groups in total. The summed E-state index contributed by atoms with van der Waals surface area (Å²) in [5.74, 6) is 0. The smallest absolute Gasteiger partial charge is 0.0451 e. The summed E-state index contributed by atoms with van der Waals surface area (Å²) in [5, 5.41) is 0. The van der Waals surface area contributed by atoms with Crippen LogP contribution in [0.5, 0.6) is 0 Å². The average Bonchev–Trinajstić information content (AvgIpc) is 2.48. The van der Waals surface area contributed by atoms with Crippen LogP contribution in [0.15, 0.2) is 36.7 Å². The zero-order valence-electron chi connectivity index (χ0n) is 8.01. The molecule has 0 fully saturated rings. The van der Waals surface area contributed by atoms with Crippen LogP contribution < -0.4 is 4.90 Å². The third-order valence-electron chi connectivity index (χ3n) is 2.51. The van der Waals surface area contributed by atoms with Crippen LogP contribution in [0.4, 0.5) is 5.69 Å². The monoisotopic (exact) mass is 174 g/mol. The molecular weight excluding hydrogens is 160 g/mol. The highest BCUT2D eigenvalue weighted by molar-refractivity contribution is 5.51. The van der Waals surface area contributed by atoms with Gasteiger partial charge in [0.2, 0.25) is 0 Å². The van der Waals surface area contributed by atoms with E-state index in [1.165, 1.54) is 5.69 Å². The third-order valence-corrected chi connectivity index (χ3v) is 2.51. The lowest BCUT2D eigenvalue weighted by molar-refractivity contribution is 0.727. The standard InChI is InChI=1S/C11H14N2/c1-9-3-4-10(2)13(9)11-5-7-12-8-6-11/h3-10H,1-2H3. The molecule has 0 saturated heterocycles. The summed E-state index contributed by atoms with van der Waals surface area (Å²) in [4.78, 5) is 6.40. The van der Waals surface area contributed by atoms with E-state index in [0.717, 1.165) is 0 Å².